The normalized spacial score (nSPS) is 22.9. The van der Waals surface area contributed by atoms with E-state index in [4.69, 9.17) is 4.74 Å². The number of hydrogen-bond donors (Lipinski definition) is 2. The lowest BCUT2D eigenvalue weighted by Crippen LogP contribution is -2.60. The lowest BCUT2D eigenvalue weighted by atomic mass is 9.97. The average molecular weight is 444 g/mol. The summed E-state index contributed by atoms with van der Waals surface area (Å²) in [4.78, 5) is 20.0. The van der Waals surface area contributed by atoms with Crippen molar-refractivity contribution >= 4 is 21.7 Å². The Bertz CT molecular complexity index is 890. The maximum atomic E-state index is 13.1. The number of amides is 2. The molecule has 0 bridgehead atoms. The smallest absolute Gasteiger partial charge is 0.351 e. The fraction of sp³-hybridized carbons (Fsp3) is 0.500. The molecule has 1 aliphatic heterocycles. The van der Waals surface area contributed by atoms with Gasteiger partial charge in [-0.1, -0.05) is 13.0 Å². The molecule has 7 nitrogen and oxygen atoms in total. The van der Waals surface area contributed by atoms with Crippen molar-refractivity contribution in [2.75, 3.05) is 6.61 Å². The Labute approximate surface area is 162 Å². The number of sulfone groups is 1. The molecule has 1 heterocycles. The summed E-state index contributed by atoms with van der Waals surface area (Å²) in [7, 11) is -4.88. The number of carbonyl (C=O) groups is 2. The molecule has 2 rings (SSSR count). The first-order chi connectivity index (χ1) is 13.3. The molecule has 1 aromatic rings. The van der Waals surface area contributed by atoms with Crippen LogP contribution in [0.4, 0.5) is 22.0 Å². The van der Waals surface area contributed by atoms with Crippen LogP contribution in [0.1, 0.15) is 25.3 Å². The van der Waals surface area contributed by atoms with Gasteiger partial charge in [0, 0.05) is 13.0 Å². The van der Waals surface area contributed by atoms with E-state index < -0.39 is 62.0 Å². The van der Waals surface area contributed by atoms with Crippen LogP contribution in [0.3, 0.4) is 0 Å². The van der Waals surface area contributed by atoms with Crippen LogP contribution in [0.25, 0.3) is 0 Å². The zero-order valence-electron chi connectivity index (χ0n) is 14.9. The molecule has 1 saturated heterocycles. The van der Waals surface area contributed by atoms with E-state index in [1.54, 1.807) is 12.3 Å². The lowest BCUT2D eigenvalue weighted by Gasteiger charge is -2.37. The molecule has 2 N–H and O–H groups in total. The van der Waals surface area contributed by atoms with Gasteiger partial charge in [-0.3, -0.25) is 20.4 Å². The minimum atomic E-state index is -4.88. The van der Waals surface area contributed by atoms with Crippen LogP contribution in [0.5, 0.6) is 0 Å². The highest BCUT2D eigenvalue weighted by Crippen LogP contribution is 2.39. The largest absolute Gasteiger partial charge is 0.416 e. The van der Waals surface area contributed by atoms with Crippen molar-refractivity contribution in [2.45, 2.75) is 42.2 Å². The van der Waals surface area contributed by atoms with Crippen molar-refractivity contribution in [1.82, 2.24) is 10.9 Å². The van der Waals surface area contributed by atoms with E-state index in [-0.39, 0.29) is 6.61 Å². The maximum Gasteiger partial charge on any atom is 0.416 e. The summed E-state index contributed by atoms with van der Waals surface area (Å²) in [5.41, 5.74) is 1.68. The predicted molar refractivity (Wildman–Crippen MR) is 88.0 cm³/mol. The molecule has 0 aromatic heterocycles. The topological polar surface area (TPSA) is 102 Å². The van der Waals surface area contributed by atoms with Gasteiger partial charge in [0.1, 0.15) is 0 Å². The summed E-state index contributed by atoms with van der Waals surface area (Å²) < 4.78 is 95.1. The van der Waals surface area contributed by atoms with E-state index in [2.05, 4.69) is 0 Å². The van der Waals surface area contributed by atoms with Gasteiger partial charge in [-0.05, 0) is 30.5 Å². The number of rotatable bonds is 4. The number of hydrogen-bond acceptors (Lipinski definition) is 5. The van der Waals surface area contributed by atoms with E-state index in [9.17, 15) is 40.0 Å². The molecule has 1 aromatic carbocycles. The molecule has 0 aliphatic carbocycles. The van der Waals surface area contributed by atoms with Crippen molar-refractivity contribution in [1.29, 1.82) is 0 Å². The number of alkyl halides is 5. The van der Waals surface area contributed by atoms with E-state index >= 15 is 0 Å². The third-order valence-electron chi connectivity index (χ3n) is 4.31. The van der Waals surface area contributed by atoms with Gasteiger partial charge >= 0.3 is 18.5 Å². The van der Waals surface area contributed by atoms with E-state index in [0.29, 0.717) is 18.6 Å². The third kappa shape index (κ3) is 4.66. The Morgan fingerprint density at radius 2 is 1.90 bits per heavy atom. The summed E-state index contributed by atoms with van der Waals surface area (Å²) >= 11 is 0. The Hall–Kier alpha value is -2.28. The summed E-state index contributed by atoms with van der Waals surface area (Å²) in [6.07, 6.45) is -8.43. The zero-order chi connectivity index (χ0) is 22.0. The predicted octanol–water partition coefficient (Wildman–Crippen LogP) is 2.03. The van der Waals surface area contributed by atoms with Gasteiger partial charge in [0.05, 0.1) is 10.5 Å². The summed E-state index contributed by atoms with van der Waals surface area (Å²) in [5.74, 6) is -3.79. The van der Waals surface area contributed by atoms with Crippen LogP contribution < -0.4 is 10.9 Å². The van der Waals surface area contributed by atoms with Gasteiger partial charge in [0.25, 0.3) is 10.8 Å². The Morgan fingerprint density at radius 1 is 1.24 bits per heavy atom. The number of carbonyl (C=O) groups excluding carboxylic acids is 2. The molecule has 2 atom stereocenters. The minimum absolute atomic E-state index is 0.227. The summed E-state index contributed by atoms with van der Waals surface area (Å²) in [6.45, 7) is 1.36. The molecular formula is C16H17F5N2O5S. The van der Waals surface area contributed by atoms with Crippen molar-refractivity contribution in [2.24, 2.45) is 5.92 Å². The number of ether oxygens (including phenoxy) is 1. The number of halogens is 5. The minimum Gasteiger partial charge on any atom is -0.351 e. The second-order valence-corrected chi connectivity index (χ2v) is 8.61. The van der Waals surface area contributed by atoms with Gasteiger partial charge in [0.2, 0.25) is 9.84 Å². The Balaban J connectivity index is 2.49. The molecular weight excluding hydrogens is 427 g/mol. The zero-order valence-corrected chi connectivity index (χ0v) is 15.7. The van der Waals surface area contributed by atoms with E-state index in [0.717, 1.165) is 12.1 Å². The highest BCUT2D eigenvalue weighted by Gasteiger charge is 2.55. The van der Waals surface area contributed by atoms with Gasteiger partial charge in [-0.2, -0.15) is 22.0 Å². The monoisotopic (exact) mass is 444 g/mol. The first-order valence-corrected chi connectivity index (χ1v) is 9.74. The molecule has 2 amide bonds. The molecule has 1 aliphatic rings. The van der Waals surface area contributed by atoms with Crippen molar-refractivity contribution in [3.05, 3.63) is 29.8 Å². The quantitative estimate of drug-likeness (QED) is 0.547. The lowest BCUT2D eigenvalue weighted by molar-refractivity contribution is -0.147. The van der Waals surface area contributed by atoms with Crippen LogP contribution in [0.15, 0.2) is 29.2 Å². The molecule has 0 spiro atoms. The SMILES string of the molecule is CC1CCOC(C(=O)NNC(=O)C(F)F)(S(=O)(=O)c2cccc(C(F)(F)F)c2)C1. The third-order valence-corrected chi connectivity index (χ3v) is 6.52. The molecule has 13 heteroatoms. The first-order valence-electron chi connectivity index (χ1n) is 8.25. The van der Waals surface area contributed by atoms with Crippen LogP contribution in [-0.4, -0.2) is 38.2 Å². The van der Waals surface area contributed by atoms with Gasteiger partial charge < -0.3 is 4.74 Å². The molecule has 29 heavy (non-hydrogen) atoms. The molecule has 1 fully saturated rings. The van der Waals surface area contributed by atoms with Crippen LogP contribution in [-0.2, 0) is 30.3 Å². The second-order valence-electron chi connectivity index (χ2n) is 6.47. The van der Waals surface area contributed by atoms with E-state index in [1.165, 1.54) is 5.43 Å². The van der Waals surface area contributed by atoms with Gasteiger partial charge in [-0.15, -0.1) is 0 Å². The second kappa shape index (κ2) is 8.22. The van der Waals surface area contributed by atoms with Crippen molar-refractivity contribution in [3.63, 3.8) is 0 Å². The van der Waals surface area contributed by atoms with E-state index in [1.807, 2.05) is 0 Å². The van der Waals surface area contributed by atoms with Crippen molar-refractivity contribution < 1.29 is 44.7 Å². The van der Waals surface area contributed by atoms with Crippen LogP contribution in [0.2, 0.25) is 0 Å². The number of hydrazine groups is 1. The summed E-state index contributed by atoms with van der Waals surface area (Å²) in [6, 6.07) is 2.72. The van der Waals surface area contributed by atoms with Crippen LogP contribution in [0, 0.1) is 5.92 Å². The average Bonchev–Trinajstić information content (AvgIpc) is 2.64. The van der Waals surface area contributed by atoms with Crippen molar-refractivity contribution in [3.8, 4) is 0 Å². The molecule has 0 saturated carbocycles. The van der Waals surface area contributed by atoms with Crippen LogP contribution >= 0.6 is 0 Å². The fourth-order valence-corrected chi connectivity index (χ4v) is 4.77. The molecule has 162 valence electrons. The molecule has 2 unspecified atom stereocenters. The highest BCUT2D eigenvalue weighted by molar-refractivity contribution is 7.93. The van der Waals surface area contributed by atoms with Gasteiger partial charge in [0.15, 0.2) is 0 Å². The fourth-order valence-electron chi connectivity index (χ4n) is 2.81. The standard InChI is InChI=1S/C16H17F5N2O5S/c1-9-5-6-28-15(8-9,14(25)23-22-13(24)12(17)18)29(26,27)11-4-2-3-10(7-11)16(19,20)21/h2-4,7,9,12H,5-6,8H2,1H3,(H,22,24)(H,23,25). The Kier molecular flexibility index (Phi) is 6.52. The molecule has 0 radical (unpaired) electrons. The maximum absolute atomic E-state index is 13.1. The number of nitrogens with one attached hydrogen (secondary N) is 2. The number of benzene rings is 1. The summed E-state index contributed by atoms with van der Waals surface area (Å²) in [5, 5.41) is 0. The first kappa shape index (κ1) is 23.0. The highest BCUT2D eigenvalue weighted by atomic mass is 32.2. The van der Waals surface area contributed by atoms with Gasteiger partial charge in [-0.25, -0.2) is 8.42 Å². The Morgan fingerprint density at radius 3 is 2.45 bits per heavy atom.